The maximum atomic E-state index is 12.8. The van der Waals surface area contributed by atoms with E-state index in [2.05, 4.69) is 10.1 Å². The third kappa shape index (κ3) is 3.02. The highest BCUT2D eigenvalue weighted by molar-refractivity contribution is 5.92. The number of piperidine rings is 1. The number of aryl methyl sites for hydroxylation is 1. The maximum absolute atomic E-state index is 12.8. The molecule has 1 aromatic rings. The molecule has 0 radical (unpaired) electrons. The van der Waals surface area contributed by atoms with Crippen LogP contribution in [-0.2, 0) is 4.74 Å². The number of rotatable bonds is 2. The standard InChI is InChI=1S/C17H25N3O3/c1-12-8-16(18-23-12)17(21)20-10-13-2-3-15(20)11-19(9-13)14-4-6-22-7-5-14/h8,13-15H,2-7,9-11H2,1H3/t13-,15+/m0/s1. The van der Waals surface area contributed by atoms with Crippen LogP contribution in [-0.4, -0.2) is 65.8 Å². The van der Waals surface area contributed by atoms with Crippen LogP contribution in [0.2, 0.25) is 0 Å². The number of carbonyl (C=O) groups is 1. The van der Waals surface area contributed by atoms with Crippen LogP contribution in [0.4, 0.5) is 0 Å². The number of hydrogen-bond acceptors (Lipinski definition) is 5. The highest BCUT2D eigenvalue weighted by atomic mass is 16.5. The summed E-state index contributed by atoms with van der Waals surface area (Å²) >= 11 is 0. The summed E-state index contributed by atoms with van der Waals surface area (Å²) in [5.74, 6) is 1.30. The number of ether oxygens (including phenoxy) is 1. The Kier molecular flexibility index (Phi) is 4.11. The molecule has 4 aliphatic heterocycles. The first kappa shape index (κ1) is 15.1. The third-order valence-corrected chi connectivity index (χ3v) is 5.56. The van der Waals surface area contributed by atoms with Gasteiger partial charge < -0.3 is 14.2 Å². The lowest BCUT2D eigenvalue weighted by Crippen LogP contribution is -2.48. The fourth-order valence-electron chi connectivity index (χ4n) is 4.33. The van der Waals surface area contributed by atoms with Gasteiger partial charge in [-0.3, -0.25) is 9.69 Å². The highest BCUT2D eigenvalue weighted by Gasteiger charge is 2.40. The van der Waals surface area contributed by atoms with Crippen molar-refractivity contribution in [1.29, 1.82) is 0 Å². The van der Waals surface area contributed by atoms with Gasteiger partial charge in [-0.05, 0) is 38.5 Å². The Morgan fingerprint density at radius 2 is 1.96 bits per heavy atom. The van der Waals surface area contributed by atoms with Gasteiger partial charge in [-0.2, -0.15) is 0 Å². The van der Waals surface area contributed by atoms with Crippen LogP contribution in [0, 0.1) is 12.8 Å². The molecule has 4 aliphatic rings. The van der Waals surface area contributed by atoms with Crippen molar-refractivity contribution in [3.8, 4) is 0 Å². The van der Waals surface area contributed by atoms with E-state index in [9.17, 15) is 4.79 Å². The number of aromatic nitrogens is 1. The van der Waals surface area contributed by atoms with Crippen LogP contribution in [0.25, 0.3) is 0 Å². The van der Waals surface area contributed by atoms with Crippen LogP contribution >= 0.6 is 0 Å². The first-order chi connectivity index (χ1) is 11.2. The summed E-state index contributed by atoms with van der Waals surface area (Å²) in [5, 5.41) is 3.92. The number of nitrogens with zero attached hydrogens (tertiary/aromatic N) is 3. The zero-order chi connectivity index (χ0) is 15.8. The van der Waals surface area contributed by atoms with Gasteiger partial charge in [-0.25, -0.2) is 0 Å². The molecule has 126 valence electrons. The first-order valence-corrected chi connectivity index (χ1v) is 8.77. The third-order valence-electron chi connectivity index (χ3n) is 5.56. The maximum Gasteiger partial charge on any atom is 0.276 e. The van der Waals surface area contributed by atoms with Gasteiger partial charge in [0.2, 0.25) is 0 Å². The zero-order valence-electron chi connectivity index (χ0n) is 13.7. The van der Waals surface area contributed by atoms with E-state index in [4.69, 9.17) is 9.26 Å². The highest BCUT2D eigenvalue weighted by Crippen LogP contribution is 2.31. The van der Waals surface area contributed by atoms with Gasteiger partial charge in [0.1, 0.15) is 5.76 Å². The van der Waals surface area contributed by atoms with Gasteiger partial charge in [0, 0.05) is 51.0 Å². The van der Waals surface area contributed by atoms with Crippen molar-refractivity contribution in [3.63, 3.8) is 0 Å². The summed E-state index contributed by atoms with van der Waals surface area (Å²) in [4.78, 5) is 17.5. The summed E-state index contributed by atoms with van der Waals surface area (Å²) in [6.07, 6.45) is 4.57. The van der Waals surface area contributed by atoms with Crippen molar-refractivity contribution in [2.45, 2.75) is 44.7 Å². The van der Waals surface area contributed by atoms with Gasteiger partial charge in [0.05, 0.1) is 0 Å². The number of amides is 1. The van der Waals surface area contributed by atoms with Crippen molar-refractivity contribution in [3.05, 3.63) is 17.5 Å². The first-order valence-electron chi connectivity index (χ1n) is 8.77. The normalized spacial score (nSPS) is 29.7. The quantitative estimate of drug-likeness (QED) is 0.830. The smallest absolute Gasteiger partial charge is 0.276 e. The molecular weight excluding hydrogens is 294 g/mol. The van der Waals surface area contributed by atoms with E-state index in [1.807, 2.05) is 11.8 Å². The molecule has 0 aliphatic carbocycles. The fraction of sp³-hybridized carbons (Fsp3) is 0.765. The van der Waals surface area contributed by atoms with Crippen LogP contribution in [0.15, 0.2) is 10.6 Å². The summed E-state index contributed by atoms with van der Waals surface area (Å²) in [6.45, 7) is 6.53. The monoisotopic (exact) mass is 319 g/mol. The molecule has 4 fully saturated rings. The predicted octanol–water partition coefficient (Wildman–Crippen LogP) is 1.70. The van der Waals surface area contributed by atoms with Crippen LogP contribution in [0.3, 0.4) is 0 Å². The van der Waals surface area contributed by atoms with E-state index in [1.54, 1.807) is 6.07 Å². The zero-order valence-corrected chi connectivity index (χ0v) is 13.7. The Morgan fingerprint density at radius 3 is 2.70 bits per heavy atom. The molecule has 1 aromatic heterocycles. The second kappa shape index (κ2) is 6.24. The molecule has 2 atom stereocenters. The molecule has 5 rings (SSSR count). The Balaban J connectivity index is 1.50. The Hall–Kier alpha value is -1.40. The molecule has 23 heavy (non-hydrogen) atoms. The lowest BCUT2D eigenvalue weighted by Gasteiger charge is -2.36. The Labute approximate surface area is 136 Å². The van der Waals surface area contributed by atoms with Gasteiger partial charge in [-0.1, -0.05) is 5.16 Å². The summed E-state index contributed by atoms with van der Waals surface area (Å²) < 4.78 is 10.6. The molecule has 1 amide bonds. The number of carbonyl (C=O) groups excluding carboxylic acids is 1. The minimum Gasteiger partial charge on any atom is -0.381 e. The van der Waals surface area contributed by atoms with Crippen LogP contribution in [0.1, 0.15) is 41.9 Å². The molecule has 0 unspecified atom stereocenters. The topological polar surface area (TPSA) is 58.8 Å². The van der Waals surface area contributed by atoms with Gasteiger partial charge in [0.15, 0.2) is 5.69 Å². The summed E-state index contributed by atoms with van der Waals surface area (Å²) in [5.41, 5.74) is 0.452. The molecule has 4 saturated heterocycles. The van der Waals surface area contributed by atoms with E-state index < -0.39 is 0 Å². The van der Waals surface area contributed by atoms with Gasteiger partial charge in [-0.15, -0.1) is 0 Å². The van der Waals surface area contributed by atoms with Crippen LogP contribution < -0.4 is 0 Å². The van der Waals surface area contributed by atoms with Gasteiger partial charge in [0.25, 0.3) is 5.91 Å². The van der Waals surface area contributed by atoms with Crippen LogP contribution in [0.5, 0.6) is 0 Å². The molecule has 0 aromatic carbocycles. The Morgan fingerprint density at radius 1 is 1.13 bits per heavy atom. The van der Waals surface area contributed by atoms with Crippen molar-refractivity contribution in [2.75, 3.05) is 32.8 Å². The minimum absolute atomic E-state index is 0.0328. The average Bonchev–Trinajstić information content (AvgIpc) is 2.82. The molecule has 5 heterocycles. The minimum atomic E-state index is 0.0328. The van der Waals surface area contributed by atoms with Crippen molar-refractivity contribution in [1.82, 2.24) is 15.0 Å². The molecule has 6 heteroatoms. The Bertz CT molecular complexity index is 567. The lowest BCUT2D eigenvalue weighted by molar-refractivity contribution is 0.0303. The lowest BCUT2D eigenvalue weighted by atomic mass is 9.94. The fourth-order valence-corrected chi connectivity index (χ4v) is 4.33. The predicted molar refractivity (Wildman–Crippen MR) is 84.2 cm³/mol. The number of fused-ring (bicyclic) bond motifs is 4. The molecule has 6 nitrogen and oxygen atoms in total. The molecule has 0 saturated carbocycles. The van der Waals surface area contributed by atoms with E-state index >= 15 is 0 Å². The molecular formula is C17H25N3O3. The average molecular weight is 319 g/mol. The molecule has 0 spiro atoms. The van der Waals surface area contributed by atoms with Gasteiger partial charge >= 0.3 is 0 Å². The van der Waals surface area contributed by atoms with E-state index in [0.29, 0.717) is 29.5 Å². The SMILES string of the molecule is Cc1cc(C(=O)N2C[C@H]3CC[C@@H]2CN(C2CCOCC2)C3)no1. The van der Waals surface area contributed by atoms with E-state index in [1.165, 1.54) is 6.42 Å². The van der Waals surface area contributed by atoms with Crippen molar-refractivity contribution in [2.24, 2.45) is 5.92 Å². The van der Waals surface area contributed by atoms with Crippen molar-refractivity contribution < 1.29 is 14.1 Å². The second-order valence-corrected chi connectivity index (χ2v) is 7.17. The summed E-state index contributed by atoms with van der Waals surface area (Å²) in [7, 11) is 0. The molecule has 0 N–H and O–H groups in total. The second-order valence-electron chi connectivity index (χ2n) is 7.17. The van der Waals surface area contributed by atoms with E-state index in [-0.39, 0.29) is 5.91 Å². The van der Waals surface area contributed by atoms with E-state index in [0.717, 1.165) is 52.1 Å². The molecule has 2 bridgehead atoms. The van der Waals surface area contributed by atoms with Crippen molar-refractivity contribution >= 4 is 5.91 Å². The number of hydrogen-bond donors (Lipinski definition) is 0. The summed E-state index contributed by atoms with van der Waals surface area (Å²) in [6, 6.07) is 2.68. The largest absolute Gasteiger partial charge is 0.381 e.